The molecule has 0 unspecified atom stereocenters. The smallest absolute Gasteiger partial charge is 0.128 e. The molecule has 1 radical (unpaired) electrons. The molecule has 0 aliphatic heterocycles. The number of imidazole rings is 1. The Morgan fingerprint density at radius 3 is 2.25 bits per heavy atom. The molecule has 8 heteroatoms. The van der Waals surface area contributed by atoms with E-state index in [0.29, 0.717) is 5.69 Å². The normalized spacial score (nSPS) is 10.3. The number of pyridine rings is 3. The molecule has 4 heterocycles. The quantitative estimate of drug-likeness (QED) is 0.171. The molecule has 179 valence electrons. The van der Waals surface area contributed by atoms with Gasteiger partial charge in [0.25, 0.3) is 0 Å². The first-order valence-electron chi connectivity index (χ1n) is 10.7. The molecule has 0 amide bonds. The summed E-state index contributed by atoms with van der Waals surface area (Å²) in [6, 6.07) is 30.7. The van der Waals surface area contributed by atoms with Crippen LogP contribution in [0.15, 0.2) is 103 Å². The Balaban J connectivity index is 0.000000178. The average Bonchev–Trinajstić information content (AvgIpc) is 3.35. The number of fused-ring (bicyclic) bond motifs is 1. The van der Waals surface area contributed by atoms with Gasteiger partial charge < -0.3 is 14.5 Å². The van der Waals surface area contributed by atoms with Crippen LogP contribution in [0.1, 0.15) is 0 Å². The SMILES string of the molecule is Fc1c[c-]c(-c2ccccn2)c(F)n1.[Ir].[c-]1nc2ccccc2n1-c1ccc(-c2ccccc2)cn1. The van der Waals surface area contributed by atoms with Crippen molar-refractivity contribution in [3.63, 3.8) is 0 Å². The molecule has 6 aromatic rings. The van der Waals surface area contributed by atoms with Crippen molar-refractivity contribution >= 4 is 11.0 Å². The van der Waals surface area contributed by atoms with Gasteiger partial charge in [-0.2, -0.15) is 0 Å². The van der Waals surface area contributed by atoms with Crippen molar-refractivity contribution in [1.82, 2.24) is 24.5 Å². The summed E-state index contributed by atoms with van der Waals surface area (Å²) in [4.78, 5) is 15.8. The number of hydrogen-bond donors (Lipinski definition) is 0. The molecule has 0 saturated carbocycles. The molecular formula is C28H17F2IrN5-2. The summed E-state index contributed by atoms with van der Waals surface area (Å²) in [7, 11) is 0. The van der Waals surface area contributed by atoms with Gasteiger partial charge in [0.15, 0.2) is 0 Å². The van der Waals surface area contributed by atoms with E-state index in [-0.39, 0.29) is 25.7 Å². The molecule has 0 atom stereocenters. The van der Waals surface area contributed by atoms with Crippen molar-refractivity contribution in [3.05, 3.63) is 128 Å². The standard InChI is InChI=1S/C18H12N3.C10H5F2N2.Ir/c1-2-6-14(7-3-1)15-10-11-18(19-12-15)21-13-20-16-8-4-5-9-17(16)21;11-9-5-4-7(10(12)14-9)8-3-1-2-6-13-8;/h1-12H;1-3,5-6H;/q2*-1;. The first-order chi connectivity index (χ1) is 17.2. The Bertz CT molecular complexity index is 1560. The van der Waals surface area contributed by atoms with Crippen molar-refractivity contribution < 1.29 is 28.9 Å². The molecule has 0 N–H and O–H groups in total. The van der Waals surface area contributed by atoms with E-state index in [1.54, 1.807) is 18.2 Å². The predicted molar refractivity (Wildman–Crippen MR) is 129 cm³/mol. The molecule has 0 spiro atoms. The number of para-hydroxylation sites is 2. The van der Waals surface area contributed by atoms with Crippen molar-refractivity contribution in [1.29, 1.82) is 0 Å². The predicted octanol–water partition coefficient (Wildman–Crippen LogP) is 6.11. The fourth-order valence-corrected chi connectivity index (χ4v) is 3.46. The Kier molecular flexibility index (Phi) is 8.00. The van der Waals surface area contributed by atoms with Gasteiger partial charge in [-0.15, -0.1) is 6.07 Å². The topological polar surface area (TPSA) is 56.5 Å². The Morgan fingerprint density at radius 1 is 0.750 bits per heavy atom. The number of halogens is 2. The summed E-state index contributed by atoms with van der Waals surface area (Å²) in [5, 5.41) is 0. The van der Waals surface area contributed by atoms with E-state index >= 15 is 0 Å². The molecular weight excluding hydrogens is 637 g/mol. The summed E-state index contributed by atoms with van der Waals surface area (Å²) in [6.45, 7) is 0. The third-order valence-electron chi connectivity index (χ3n) is 5.15. The van der Waals surface area contributed by atoms with Crippen molar-refractivity contribution in [2.75, 3.05) is 0 Å². The van der Waals surface area contributed by atoms with Crippen LogP contribution in [0.3, 0.4) is 0 Å². The van der Waals surface area contributed by atoms with Gasteiger partial charge in [0.1, 0.15) is 11.9 Å². The Labute approximate surface area is 219 Å². The second kappa shape index (κ2) is 11.5. The van der Waals surface area contributed by atoms with Crippen LogP contribution >= 0.6 is 0 Å². The number of aromatic nitrogens is 5. The maximum absolute atomic E-state index is 13.1. The zero-order valence-electron chi connectivity index (χ0n) is 18.6. The Morgan fingerprint density at radius 2 is 1.53 bits per heavy atom. The van der Waals surface area contributed by atoms with Crippen molar-refractivity contribution in [3.8, 4) is 28.2 Å². The second-order valence-electron chi connectivity index (χ2n) is 7.41. The average molecular weight is 654 g/mol. The number of nitrogens with zero attached hydrogens (tertiary/aromatic N) is 5. The van der Waals surface area contributed by atoms with E-state index in [1.165, 1.54) is 6.20 Å². The van der Waals surface area contributed by atoms with Crippen LogP contribution in [0.25, 0.3) is 39.2 Å². The summed E-state index contributed by atoms with van der Waals surface area (Å²) >= 11 is 0. The van der Waals surface area contributed by atoms with Crippen molar-refractivity contribution in [2.24, 2.45) is 0 Å². The van der Waals surface area contributed by atoms with E-state index in [0.717, 1.165) is 34.0 Å². The summed E-state index contributed by atoms with van der Waals surface area (Å²) < 4.78 is 27.5. The fraction of sp³-hybridized carbons (Fsp3) is 0. The van der Waals surface area contributed by atoms with E-state index in [1.807, 2.05) is 59.3 Å². The number of hydrogen-bond acceptors (Lipinski definition) is 4. The van der Waals surface area contributed by atoms with Gasteiger partial charge >= 0.3 is 0 Å². The third kappa shape index (κ3) is 5.57. The molecule has 36 heavy (non-hydrogen) atoms. The Hall–Kier alpha value is -4.13. The summed E-state index contributed by atoms with van der Waals surface area (Å²) in [6.07, 6.45) is 6.40. The van der Waals surface area contributed by atoms with Gasteiger partial charge in [0.05, 0.1) is 5.82 Å². The molecule has 0 bridgehead atoms. The van der Waals surface area contributed by atoms with Gasteiger partial charge in [-0.25, -0.2) is 8.78 Å². The van der Waals surface area contributed by atoms with E-state index in [9.17, 15) is 8.78 Å². The van der Waals surface area contributed by atoms with Gasteiger partial charge in [-0.05, 0) is 28.4 Å². The minimum atomic E-state index is -0.899. The van der Waals surface area contributed by atoms with Crippen LogP contribution in [-0.2, 0) is 20.1 Å². The van der Waals surface area contributed by atoms with Gasteiger partial charge in [0, 0.05) is 38.8 Å². The van der Waals surface area contributed by atoms with Gasteiger partial charge in [0.2, 0.25) is 0 Å². The van der Waals surface area contributed by atoms with Crippen LogP contribution < -0.4 is 0 Å². The van der Waals surface area contributed by atoms with E-state index in [2.05, 4.69) is 50.5 Å². The van der Waals surface area contributed by atoms with Crippen molar-refractivity contribution in [2.45, 2.75) is 0 Å². The third-order valence-corrected chi connectivity index (χ3v) is 5.15. The van der Waals surface area contributed by atoms with Crippen LogP contribution in [-0.4, -0.2) is 24.5 Å². The van der Waals surface area contributed by atoms with Crippen LogP contribution in [0.2, 0.25) is 0 Å². The van der Waals surface area contributed by atoms with Gasteiger partial charge in [-0.3, -0.25) is 9.97 Å². The molecule has 2 aromatic carbocycles. The first-order valence-corrected chi connectivity index (χ1v) is 10.7. The molecule has 0 aliphatic rings. The largest absolute Gasteiger partial charge is 0.411 e. The maximum atomic E-state index is 13.1. The number of rotatable bonds is 3. The molecule has 0 fully saturated rings. The monoisotopic (exact) mass is 654 g/mol. The zero-order chi connectivity index (χ0) is 24.0. The van der Waals surface area contributed by atoms with Crippen LogP contribution in [0.4, 0.5) is 8.78 Å². The zero-order valence-corrected chi connectivity index (χ0v) is 21.0. The minimum absolute atomic E-state index is 0. The number of benzene rings is 2. The minimum Gasteiger partial charge on any atom is -0.411 e. The molecule has 4 aromatic heterocycles. The molecule has 6 rings (SSSR count). The molecule has 0 saturated heterocycles. The fourth-order valence-electron chi connectivity index (χ4n) is 3.46. The van der Waals surface area contributed by atoms with Crippen LogP contribution in [0.5, 0.6) is 0 Å². The first kappa shape index (κ1) is 25.0. The summed E-state index contributed by atoms with van der Waals surface area (Å²) in [5.74, 6) is -0.964. The summed E-state index contributed by atoms with van der Waals surface area (Å²) in [5.41, 5.74) is 4.66. The molecule has 0 aliphatic carbocycles. The second-order valence-corrected chi connectivity index (χ2v) is 7.41. The van der Waals surface area contributed by atoms with Crippen LogP contribution in [0, 0.1) is 24.3 Å². The van der Waals surface area contributed by atoms with E-state index in [4.69, 9.17) is 0 Å². The molecule has 5 nitrogen and oxygen atoms in total. The maximum Gasteiger partial charge on any atom is 0.128 e. The van der Waals surface area contributed by atoms with E-state index < -0.39 is 11.9 Å². The van der Waals surface area contributed by atoms with Gasteiger partial charge in [-0.1, -0.05) is 96.0 Å².